The van der Waals surface area contributed by atoms with Crippen LogP contribution >= 0.6 is 15.9 Å². The van der Waals surface area contributed by atoms with Gasteiger partial charge in [0.15, 0.2) is 0 Å². The highest BCUT2D eigenvalue weighted by molar-refractivity contribution is 9.09. The fourth-order valence-corrected chi connectivity index (χ4v) is 1.56. The molecule has 1 N–H and O–H groups in total. The Bertz CT molecular complexity index is 384. The average Bonchev–Trinajstić information content (AvgIpc) is 2.28. The number of alkyl halides is 1. The van der Waals surface area contributed by atoms with Gasteiger partial charge in [-0.05, 0) is 25.1 Å². The molecule has 0 aromatic heterocycles. The van der Waals surface area contributed by atoms with E-state index < -0.39 is 0 Å². The van der Waals surface area contributed by atoms with Crippen molar-refractivity contribution in [2.24, 2.45) is 0 Å². The lowest BCUT2D eigenvalue weighted by atomic mass is 10.1. The first kappa shape index (κ1) is 13.0. The molecule has 3 nitrogen and oxygen atoms in total. The van der Waals surface area contributed by atoms with Gasteiger partial charge >= 0.3 is 0 Å². The first-order chi connectivity index (χ1) is 7.58. The maximum Gasteiger partial charge on any atom is 0.231 e. The first-order valence-corrected chi connectivity index (χ1v) is 5.89. The van der Waals surface area contributed by atoms with E-state index in [1.165, 1.54) is 19.2 Å². The lowest BCUT2D eigenvalue weighted by molar-refractivity contribution is -0.119. The van der Waals surface area contributed by atoms with Gasteiger partial charge in [0.1, 0.15) is 11.6 Å². The van der Waals surface area contributed by atoms with Gasteiger partial charge in [-0.15, -0.1) is 0 Å². The number of ether oxygens (including phenoxy) is 1. The highest BCUT2D eigenvalue weighted by Gasteiger charge is 2.14. The predicted octanol–water partition coefficient (Wildman–Crippen LogP) is 2.41. The Morgan fingerprint density at radius 3 is 2.88 bits per heavy atom. The van der Waals surface area contributed by atoms with Gasteiger partial charge < -0.3 is 10.1 Å². The van der Waals surface area contributed by atoms with Gasteiger partial charge in [0.2, 0.25) is 5.91 Å². The summed E-state index contributed by atoms with van der Waals surface area (Å²) in [6.07, 6.45) is 0. The van der Waals surface area contributed by atoms with E-state index in [9.17, 15) is 9.18 Å². The van der Waals surface area contributed by atoms with E-state index in [1.807, 2.05) is 0 Å². The van der Waals surface area contributed by atoms with Crippen molar-refractivity contribution in [1.82, 2.24) is 5.32 Å². The largest absolute Gasteiger partial charge is 0.496 e. The summed E-state index contributed by atoms with van der Waals surface area (Å²) in [7, 11) is 1.51. The number of hydrogen-bond acceptors (Lipinski definition) is 2. The maximum absolute atomic E-state index is 13.1. The van der Waals surface area contributed by atoms with Crippen LogP contribution in [0, 0.1) is 5.82 Å². The number of nitrogens with one attached hydrogen (secondary N) is 1. The second-order valence-electron chi connectivity index (χ2n) is 3.31. The van der Waals surface area contributed by atoms with Crippen LogP contribution in [0.25, 0.3) is 0 Å². The van der Waals surface area contributed by atoms with Gasteiger partial charge in [-0.1, -0.05) is 15.9 Å². The van der Waals surface area contributed by atoms with Crippen molar-refractivity contribution in [3.63, 3.8) is 0 Å². The summed E-state index contributed by atoms with van der Waals surface area (Å²) in [5.41, 5.74) is 0.622. The molecule has 0 radical (unpaired) electrons. The number of halogens is 2. The molecule has 0 saturated carbocycles. The molecule has 0 aliphatic rings. The Labute approximate surface area is 102 Å². The fourth-order valence-electron chi connectivity index (χ4n) is 1.40. The summed E-state index contributed by atoms with van der Waals surface area (Å²) in [6.45, 7) is 1.78. The van der Waals surface area contributed by atoms with Crippen LogP contribution in [-0.4, -0.2) is 18.3 Å². The molecular weight excluding hydrogens is 277 g/mol. The Balaban J connectivity index is 2.92. The van der Waals surface area contributed by atoms with Gasteiger partial charge in [-0.25, -0.2) is 4.39 Å². The third-order valence-corrected chi connectivity index (χ3v) is 2.67. The molecule has 0 spiro atoms. The summed E-state index contributed by atoms with van der Waals surface area (Å²) < 4.78 is 18.2. The SMILES string of the molecule is COc1ccc(F)cc1C(C)NC(=O)CBr. The van der Waals surface area contributed by atoms with Crippen molar-refractivity contribution in [3.05, 3.63) is 29.6 Å². The van der Waals surface area contributed by atoms with E-state index in [-0.39, 0.29) is 23.1 Å². The first-order valence-electron chi connectivity index (χ1n) is 4.77. The summed E-state index contributed by atoms with van der Waals surface area (Å²) >= 11 is 3.05. The van der Waals surface area contributed by atoms with Gasteiger partial charge in [0.05, 0.1) is 18.5 Å². The van der Waals surface area contributed by atoms with Crippen LogP contribution in [0.5, 0.6) is 5.75 Å². The van der Waals surface area contributed by atoms with Crippen LogP contribution in [0.4, 0.5) is 4.39 Å². The van der Waals surface area contributed by atoms with Crippen LogP contribution in [-0.2, 0) is 4.79 Å². The molecule has 1 unspecified atom stereocenters. The van der Waals surface area contributed by atoms with Crippen LogP contribution in [0.1, 0.15) is 18.5 Å². The van der Waals surface area contributed by atoms with Crippen molar-refractivity contribution < 1.29 is 13.9 Å². The lowest BCUT2D eigenvalue weighted by Crippen LogP contribution is -2.27. The molecule has 0 aliphatic heterocycles. The van der Waals surface area contributed by atoms with E-state index in [2.05, 4.69) is 21.2 Å². The van der Waals surface area contributed by atoms with E-state index in [1.54, 1.807) is 13.0 Å². The average molecular weight is 290 g/mol. The molecule has 16 heavy (non-hydrogen) atoms. The fraction of sp³-hybridized carbons (Fsp3) is 0.364. The Kier molecular flexibility index (Phi) is 4.73. The van der Waals surface area contributed by atoms with Gasteiger partial charge in [-0.2, -0.15) is 0 Å². The summed E-state index contributed by atoms with van der Waals surface area (Å²) in [4.78, 5) is 11.2. The zero-order valence-electron chi connectivity index (χ0n) is 9.09. The lowest BCUT2D eigenvalue weighted by Gasteiger charge is -2.16. The molecule has 0 heterocycles. The number of amides is 1. The van der Waals surface area contributed by atoms with Gasteiger partial charge in [0.25, 0.3) is 0 Å². The van der Waals surface area contributed by atoms with Gasteiger partial charge in [0, 0.05) is 5.56 Å². The minimum absolute atomic E-state index is 0.154. The molecule has 0 aliphatic carbocycles. The molecule has 0 fully saturated rings. The topological polar surface area (TPSA) is 38.3 Å². The summed E-state index contributed by atoms with van der Waals surface area (Å²) in [5, 5.41) is 2.93. The number of rotatable bonds is 4. The molecule has 5 heteroatoms. The van der Waals surface area contributed by atoms with Crippen molar-refractivity contribution in [2.45, 2.75) is 13.0 Å². The zero-order chi connectivity index (χ0) is 12.1. The molecular formula is C11H13BrFNO2. The van der Waals surface area contributed by atoms with Crippen molar-refractivity contribution in [3.8, 4) is 5.75 Å². The number of carbonyl (C=O) groups is 1. The van der Waals surface area contributed by atoms with Crippen molar-refractivity contribution >= 4 is 21.8 Å². The highest BCUT2D eigenvalue weighted by atomic mass is 79.9. The van der Waals surface area contributed by atoms with E-state index >= 15 is 0 Å². The molecule has 0 bridgehead atoms. The number of hydrogen-bond donors (Lipinski definition) is 1. The Morgan fingerprint density at radius 1 is 1.62 bits per heavy atom. The van der Waals surface area contributed by atoms with E-state index in [0.29, 0.717) is 11.3 Å². The smallest absolute Gasteiger partial charge is 0.231 e. The molecule has 1 atom stereocenters. The van der Waals surface area contributed by atoms with Crippen LogP contribution in [0.15, 0.2) is 18.2 Å². The number of methoxy groups -OCH3 is 1. The maximum atomic E-state index is 13.1. The van der Waals surface area contributed by atoms with E-state index in [0.717, 1.165) is 0 Å². The third-order valence-electron chi connectivity index (χ3n) is 2.16. The molecule has 1 amide bonds. The van der Waals surface area contributed by atoms with Crippen LogP contribution < -0.4 is 10.1 Å². The molecule has 1 aromatic rings. The summed E-state index contributed by atoms with van der Waals surface area (Å²) in [6, 6.07) is 3.93. The monoisotopic (exact) mass is 289 g/mol. The van der Waals surface area contributed by atoms with Crippen LogP contribution in [0.2, 0.25) is 0 Å². The standard InChI is InChI=1S/C11H13BrFNO2/c1-7(14-11(15)6-12)9-5-8(13)3-4-10(9)16-2/h3-5,7H,6H2,1-2H3,(H,14,15). The van der Waals surface area contributed by atoms with Crippen molar-refractivity contribution in [2.75, 3.05) is 12.4 Å². The minimum atomic E-state index is -0.351. The third kappa shape index (κ3) is 3.20. The molecule has 88 valence electrons. The second-order valence-corrected chi connectivity index (χ2v) is 3.87. The Morgan fingerprint density at radius 2 is 2.31 bits per heavy atom. The minimum Gasteiger partial charge on any atom is -0.496 e. The Hall–Kier alpha value is -1.10. The number of benzene rings is 1. The molecule has 0 saturated heterocycles. The predicted molar refractivity (Wildman–Crippen MR) is 63.3 cm³/mol. The molecule has 1 rings (SSSR count). The second kappa shape index (κ2) is 5.84. The number of carbonyl (C=O) groups excluding carboxylic acids is 1. The quantitative estimate of drug-likeness (QED) is 0.865. The summed E-state index contributed by atoms with van der Waals surface area (Å²) in [5.74, 6) is 0.0540. The van der Waals surface area contributed by atoms with Crippen LogP contribution in [0.3, 0.4) is 0 Å². The highest BCUT2D eigenvalue weighted by Crippen LogP contribution is 2.25. The van der Waals surface area contributed by atoms with Gasteiger partial charge in [-0.3, -0.25) is 4.79 Å². The zero-order valence-corrected chi connectivity index (χ0v) is 10.7. The molecule has 1 aromatic carbocycles. The normalized spacial score (nSPS) is 12.0. The van der Waals surface area contributed by atoms with E-state index in [4.69, 9.17) is 4.74 Å². The van der Waals surface area contributed by atoms with Crippen molar-refractivity contribution in [1.29, 1.82) is 0 Å².